The van der Waals surface area contributed by atoms with Crippen LogP contribution in [0.1, 0.15) is 284 Å². The second kappa shape index (κ2) is 67.4. The number of hydrogen-bond acceptors (Lipinski definition) is 8. The van der Waals surface area contributed by atoms with Crippen LogP contribution in [0.3, 0.4) is 0 Å². The predicted octanol–water partition coefficient (Wildman–Crippen LogP) is 20.8. The van der Waals surface area contributed by atoms with Gasteiger partial charge in [0.2, 0.25) is 0 Å². The van der Waals surface area contributed by atoms with Gasteiger partial charge in [-0.25, -0.2) is 0 Å². The topological polar surface area (TPSA) is 111 Å². The molecule has 0 N–H and O–H groups in total. The highest BCUT2D eigenvalue weighted by molar-refractivity contribution is 5.70. The Bertz CT molecular complexity index is 1890. The Morgan fingerprint density at radius 2 is 0.655 bits per heavy atom. The summed E-state index contributed by atoms with van der Waals surface area (Å²) in [5.41, 5.74) is 0. The summed E-state index contributed by atoms with van der Waals surface area (Å²) < 4.78 is 22.7. The van der Waals surface area contributed by atoms with E-state index in [0.717, 1.165) is 96.3 Å². The summed E-state index contributed by atoms with van der Waals surface area (Å²) in [6.07, 6.45) is 94.0. The van der Waals surface area contributed by atoms with Crippen molar-refractivity contribution < 1.29 is 42.9 Å². The Morgan fingerprint density at radius 1 is 0.356 bits per heavy atom. The van der Waals surface area contributed by atoms with Crippen LogP contribution in [-0.2, 0) is 33.3 Å². The van der Waals surface area contributed by atoms with E-state index in [-0.39, 0.29) is 38.6 Å². The summed E-state index contributed by atoms with van der Waals surface area (Å²) in [5.74, 6) is -2.35. The first kappa shape index (κ1) is 82.4. The van der Waals surface area contributed by atoms with E-state index in [2.05, 4.69) is 148 Å². The first-order chi connectivity index (χ1) is 42.6. The molecule has 0 amide bonds. The van der Waals surface area contributed by atoms with E-state index in [1.165, 1.54) is 154 Å². The van der Waals surface area contributed by atoms with E-state index in [0.29, 0.717) is 17.4 Å². The molecule has 0 saturated carbocycles. The molecule has 0 rings (SSSR count). The Kier molecular flexibility index (Phi) is 63.8. The largest absolute Gasteiger partial charge is 0.545 e. The molecule has 2 unspecified atom stereocenters. The van der Waals surface area contributed by atoms with E-state index in [4.69, 9.17) is 18.9 Å². The monoisotopic (exact) mass is 1210 g/mol. The number of likely N-dealkylation sites (N-methyl/N-ethyl adjacent to an activating group) is 1. The minimum absolute atomic E-state index is 0.133. The SMILES string of the molecule is CC/C=C\C/C=C\C/C=C\C/C=C\C/C=C\C/C=C\C/C=C\C/C=C\C/C=C\C/C=C\CCCCC(=O)OC(COC(=O)CCCCCCCCCCCCCCCCCCC/C=C\CCCCCCCCCC)COC(OCC[N+](C)(C)C)C(=O)[O-]. The van der Waals surface area contributed by atoms with Gasteiger partial charge >= 0.3 is 11.9 Å². The third-order valence-electron chi connectivity index (χ3n) is 14.9. The lowest BCUT2D eigenvalue weighted by molar-refractivity contribution is -0.870. The zero-order valence-electron chi connectivity index (χ0n) is 56.6. The van der Waals surface area contributed by atoms with Gasteiger partial charge in [-0.3, -0.25) is 9.59 Å². The molecule has 2 atom stereocenters. The number of rotatable bonds is 64. The average Bonchev–Trinajstić information content (AvgIpc) is 3.59. The molecule has 0 aromatic heterocycles. The maximum absolute atomic E-state index is 12.9. The summed E-state index contributed by atoms with van der Waals surface area (Å²) >= 11 is 0. The summed E-state index contributed by atoms with van der Waals surface area (Å²) in [4.78, 5) is 37.5. The van der Waals surface area contributed by atoms with Crippen molar-refractivity contribution >= 4 is 17.9 Å². The zero-order chi connectivity index (χ0) is 63.3. The summed E-state index contributed by atoms with van der Waals surface area (Å²) in [6.45, 7) is 4.59. The maximum Gasteiger partial charge on any atom is 0.306 e. The molecule has 0 aliphatic heterocycles. The summed E-state index contributed by atoms with van der Waals surface area (Å²) in [6, 6.07) is 0. The highest BCUT2D eigenvalue weighted by Crippen LogP contribution is 2.17. The molecular formula is C78H131NO8. The van der Waals surface area contributed by atoms with Crippen LogP contribution in [0.4, 0.5) is 0 Å². The van der Waals surface area contributed by atoms with Gasteiger partial charge in [0.15, 0.2) is 12.4 Å². The Labute approximate surface area is 535 Å². The average molecular weight is 1210 g/mol. The van der Waals surface area contributed by atoms with Crippen molar-refractivity contribution in [2.45, 2.75) is 296 Å². The lowest BCUT2D eigenvalue weighted by Crippen LogP contribution is -2.44. The molecule has 0 radical (unpaired) electrons. The lowest BCUT2D eigenvalue weighted by atomic mass is 10.0. The number of carboxylic acid groups (broad SMARTS) is 1. The molecule has 9 nitrogen and oxygen atoms in total. The number of unbranched alkanes of at least 4 members (excludes halogenated alkanes) is 27. The molecule has 0 aliphatic rings. The van der Waals surface area contributed by atoms with Gasteiger partial charge in [0.05, 0.1) is 40.3 Å². The molecule has 0 bridgehead atoms. The van der Waals surface area contributed by atoms with E-state index < -0.39 is 24.3 Å². The van der Waals surface area contributed by atoms with Gasteiger partial charge in [-0.1, -0.05) is 289 Å². The molecule has 0 spiro atoms. The molecule has 9 heteroatoms. The minimum atomic E-state index is -1.64. The van der Waals surface area contributed by atoms with Gasteiger partial charge in [0.1, 0.15) is 13.2 Å². The zero-order valence-corrected chi connectivity index (χ0v) is 56.6. The van der Waals surface area contributed by atoms with Crippen molar-refractivity contribution in [2.75, 3.05) is 47.5 Å². The number of ether oxygens (including phenoxy) is 4. The summed E-state index contributed by atoms with van der Waals surface area (Å²) in [5, 5.41) is 11.8. The van der Waals surface area contributed by atoms with Crippen LogP contribution in [-0.4, -0.2) is 82.3 Å². The number of carbonyl (C=O) groups excluding carboxylic acids is 3. The highest BCUT2D eigenvalue weighted by atomic mass is 16.7. The number of carboxylic acids is 1. The van der Waals surface area contributed by atoms with Gasteiger partial charge in [-0.2, -0.15) is 0 Å². The van der Waals surface area contributed by atoms with Crippen molar-refractivity contribution in [3.63, 3.8) is 0 Å². The number of nitrogens with zero attached hydrogens (tertiary/aromatic N) is 1. The van der Waals surface area contributed by atoms with Crippen molar-refractivity contribution in [2.24, 2.45) is 0 Å². The standard InChI is InChI=1S/C78H131NO8/c1-6-8-10-12-14-16-18-20-22-24-26-28-30-32-34-36-37-38-39-41-43-45-47-49-51-53-55-57-59-61-63-65-67-69-76(81)87-74(73-86-78(77(82)83)84-71-70-79(3,4)5)72-85-75(80)68-66-64-62-60-58-56-54-52-50-48-46-44-42-40-35-33-31-29-27-25-23-21-19-17-15-13-11-9-7-2/h8,10,14,16,20,22,25-28,32,34,37-38,41,43,47,49,53,55,59,61,74,78H,6-7,9,11-13,15,17-19,21,23-24,29-31,33,35-36,39-40,42,44-46,48,50-52,54,56-58,60,62-73H2,1-5H3/b10-8-,16-14-,22-20-,27-25-,28-26-,34-32-,38-37-,43-41-,49-47-,55-53-,61-59-. The van der Waals surface area contributed by atoms with Gasteiger partial charge < -0.3 is 33.3 Å². The molecule has 0 heterocycles. The predicted molar refractivity (Wildman–Crippen MR) is 370 cm³/mol. The second-order valence-corrected chi connectivity index (χ2v) is 24.4. The fourth-order valence-corrected chi connectivity index (χ4v) is 9.50. The fourth-order valence-electron chi connectivity index (χ4n) is 9.50. The van der Waals surface area contributed by atoms with Crippen LogP contribution in [0.2, 0.25) is 0 Å². The number of hydrogen-bond donors (Lipinski definition) is 0. The highest BCUT2D eigenvalue weighted by Gasteiger charge is 2.22. The van der Waals surface area contributed by atoms with Gasteiger partial charge in [-0.15, -0.1) is 0 Å². The smallest absolute Gasteiger partial charge is 0.306 e. The van der Waals surface area contributed by atoms with E-state index in [1.54, 1.807) is 0 Å². The number of esters is 2. The summed E-state index contributed by atoms with van der Waals surface area (Å²) in [7, 11) is 5.91. The van der Waals surface area contributed by atoms with Crippen LogP contribution in [0, 0.1) is 0 Å². The Balaban J connectivity index is 4.24. The number of carbonyl (C=O) groups is 3. The molecule has 87 heavy (non-hydrogen) atoms. The van der Waals surface area contributed by atoms with Crippen molar-refractivity contribution in [1.82, 2.24) is 0 Å². The number of quaternary nitrogens is 1. The lowest BCUT2D eigenvalue weighted by Gasteiger charge is -2.26. The molecule has 0 aromatic rings. The van der Waals surface area contributed by atoms with Crippen LogP contribution >= 0.6 is 0 Å². The molecule has 496 valence electrons. The first-order valence-corrected chi connectivity index (χ1v) is 35.3. The quantitative estimate of drug-likeness (QED) is 0.0195. The molecular weight excluding hydrogens is 1080 g/mol. The van der Waals surface area contributed by atoms with Crippen LogP contribution in [0.5, 0.6) is 0 Å². The molecule has 0 aromatic carbocycles. The van der Waals surface area contributed by atoms with Crippen molar-refractivity contribution in [3.05, 3.63) is 134 Å². The first-order valence-electron chi connectivity index (χ1n) is 35.3. The van der Waals surface area contributed by atoms with Crippen LogP contribution < -0.4 is 5.11 Å². The minimum Gasteiger partial charge on any atom is -0.545 e. The van der Waals surface area contributed by atoms with Crippen molar-refractivity contribution in [3.8, 4) is 0 Å². The maximum atomic E-state index is 12.9. The molecule has 0 fully saturated rings. The number of allylic oxidation sites excluding steroid dienone is 22. The fraction of sp³-hybridized carbons (Fsp3) is 0.679. The van der Waals surface area contributed by atoms with Crippen LogP contribution in [0.25, 0.3) is 0 Å². The molecule has 0 saturated heterocycles. The normalized spacial score (nSPS) is 13.5. The van der Waals surface area contributed by atoms with E-state index in [1.807, 2.05) is 21.1 Å². The van der Waals surface area contributed by atoms with Gasteiger partial charge in [0, 0.05) is 12.8 Å². The van der Waals surface area contributed by atoms with Gasteiger partial charge in [0.25, 0.3) is 0 Å². The van der Waals surface area contributed by atoms with Crippen molar-refractivity contribution in [1.29, 1.82) is 0 Å². The third kappa shape index (κ3) is 68.8. The third-order valence-corrected chi connectivity index (χ3v) is 14.9. The van der Waals surface area contributed by atoms with Gasteiger partial charge in [-0.05, 0) is 116 Å². The van der Waals surface area contributed by atoms with Crippen LogP contribution in [0.15, 0.2) is 134 Å². The Morgan fingerprint density at radius 3 is 1.01 bits per heavy atom. The second-order valence-electron chi connectivity index (χ2n) is 24.4. The number of aliphatic carboxylic acids is 1. The Hall–Kier alpha value is -4.57. The molecule has 0 aliphatic carbocycles. The van der Waals surface area contributed by atoms with E-state index >= 15 is 0 Å². The van der Waals surface area contributed by atoms with E-state index in [9.17, 15) is 19.5 Å².